The summed E-state index contributed by atoms with van der Waals surface area (Å²) in [6.45, 7) is -4.99. The summed E-state index contributed by atoms with van der Waals surface area (Å²) < 4.78 is 44.9. The van der Waals surface area contributed by atoms with Gasteiger partial charge in [-0.05, 0) is 40.5 Å². The highest BCUT2D eigenvalue weighted by atomic mass is 32.7. The van der Waals surface area contributed by atoms with Crippen molar-refractivity contribution < 1.29 is 57.7 Å². The lowest BCUT2D eigenvalue weighted by molar-refractivity contribution is -0.123. The molecule has 20 nitrogen and oxygen atoms in total. The van der Waals surface area contributed by atoms with Gasteiger partial charge in [0.15, 0.2) is 29.7 Å². The number of amides is 1. The molecule has 0 bridgehead atoms. The lowest BCUT2D eigenvalue weighted by Crippen LogP contribution is -2.38. The van der Waals surface area contributed by atoms with Crippen molar-refractivity contribution in [1.82, 2.24) is 34.3 Å². The van der Waals surface area contributed by atoms with E-state index in [0.29, 0.717) is 5.65 Å². The van der Waals surface area contributed by atoms with E-state index in [1.807, 2.05) is 10.8 Å². The molecule has 3 aromatic heterocycles. The summed E-state index contributed by atoms with van der Waals surface area (Å²) in [5, 5.41) is 45.9. The average Bonchev–Trinajstić information content (AvgIpc) is 3.89. The number of hydrogen-bond donors (Lipinski definition) is 6. The number of imidazole rings is 1. The molecule has 7 rings (SSSR count). The Kier molecular flexibility index (Phi) is 12.7. The molecule has 0 aromatic carbocycles. The maximum Gasteiger partial charge on any atom is 0.585 e. The van der Waals surface area contributed by atoms with Gasteiger partial charge in [-0.15, -0.1) is 16.3 Å². The molecular formula is C29H39N8O12P2S3+. The number of carbonyl (C=O) groups excluding carboxylic acids is 1. The van der Waals surface area contributed by atoms with Gasteiger partial charge < -0.3 is 58.6 Å². The van der Waals surface area contributed by atoms with E-state index in [-0.39, 0.29) is 37.6 Å². The van der Waals surface area contributed by atoms with Crippen molar-refractivity contribution in [3.8, 4) is 0 Å². The van der Waals surface area contributed by atoms with Gasteiger partial charge in [-0.2, -0.15) is 0 Å². The SMILES string of the molecule is CS[P+](=O)OCC1OC(n2cc3c4c(ncnc42)SCCC3)CC1OP(O)(=S)OCC1OC(n2cnc3c2N=CN(CCNC(=O)CO)C3O)C(O)C1O. The first kappa shape index (κ1) is 40.0. The van der Waals surface area contributed by atoms with Crippen LogP contribution < -0.4 is 5.32 Å². The van der Waals surface area contributed by atoms with E-state index >= 15 is 0 Å². The molecule has 4 aliphatic rings. The zero-order valence-electron chi connectivity index (χ0n) is 28.6. The van der Waals surface area contributed by atoms with Gasteiger partial charge in [-0.25, -0.2) is 19.9 Å². The topological polar surface area (TPSA) is 258 Å². The van der Waals surface area contributed by atoms with Crippen molar-refractivity contribution in [2.24, 2.45) is 4.99 Å². The van der Waals surface area contributed by atoms with Crippen LogP contribution in [0.2, 0.25) is 0 Å². The minimum atomic E-state index is -4.05. The van der Waals surface area contributed by atoms with E-state index in [1.54, 1.807) is 18.0 Å². The number of nitrogens with zero attached hydrogens (tertiary/aromatic N) is 7. The number of fused-ring (bicyclic) bond motifs is 1. The number of nitrogens with one attached hydrogen (secondary N) is 1. The van der Waals surface area contributed by atoms with E-state index in [9.17, 15) is 29.6 Å². The first-order valence-electron chi connectivity index (χ1n) is 16.8. The van der Waals surface area contributed by atoms with E-state index in [0.717, 1.165) is 46.0 Å². The van der Waals surface area contributed by atoms with Crippen LogP contribution in [-0.2, 0) is 50.6 Å². The number of thioether (sulfide) groups is 1. The molecule has 2 fully saturated rings. The molecular weight excluding hydrogens is 811 g/mol. The van der Waals surface area contributed by atoms with Crippen LogP contribution >= 0.6 is 37.1 Å². The minimum Gasteiger partial charge on any atom is -0.387 e. The molecule has 25 heteroatoms. The highest BCUT2D eigenvalue weighted by Gasteiger charge is 2.47. The highest BCUT2D eigenvalue weighted by Crippen LogP contribution is 2.51. The Balaban J connectivity index is 1.00. The third-order valence-corrected chi connectivity index (χ3v) is 13.8. The average molecular weight is 850 g/mol. The van der Waals surface area contributed by atoms with Gasteiger partial charge in [0.2, 0.25) is 5.91 Å². The first-order chi connectivity index (χ1) is 26.0. The predicted octanol–water partition coefficient (Wildman–Crippen LogP) is 1.00. The van der Waals surface area contributed by atoms with Crippen molar-refractivity contribution in [2.45, 2.75) is 73.5 Å². The van der Waals surface area contributed by atoms with Crippen molar-refractivity contribution >= 4 is 78.0 Å². The summed E-state index contributed by atoms with van der Waals surface area (Å²) in [5.41, 5.74) is 1.95. The molecule has 0 saturated carbocycles. The van der Waals surface area contributed by atoms with Gasteiger partial charge in [0, 0.05) is 32.0 Å². The summed E-state index contributed by atoms with van der Waals surface area (Å²) in [5.74, 6) is 0.556. The lowest BCUT2D eigenvalue weighted by atomic mass is 10.1. The maximum absolute atomic E-state index is 12.2. The fourth-order valence-corrected chi connectivity index (χ4v) is 9.96. The van der Waals surface area contributed by atoms with Crippen molar-refractivity contribution in [3.05, 3.63) is 30.1 Å². The number of aromatic nitrogens is 5. The maximum atomic E-state index is 12.2. The third-order valence-electron chi connectivity index (χ3n) is 9.27. The summed E-state index contributed by atoms with van der Waals surface area (Å²) in [4.78, 5) is 41.6. The normalized spacial score (nSPS) is 29.3. The molecule has 0 spiro atoms. The van der Waals surface area contributed by atoms with Gasteiger partial charge in [0.05, 0.1) is 24.7 Å². The largest absolute Gasteiger partial charge is 0.585 e. The van der Waals surface area contributed by atoms with Gasteiger partial charge in [0.1, 0.15) is 72.7 Å². The van der Waals surface area contributed by atoms with Crippen LogP contribution in [0.3, 0.4) is 0 Å². The molecule has 0 radical (unpaired) electrons. The first-order valence-corrected chi connectivity index (χ1v) is 23.4. The van der Waals surface area contributed by atoms with Crippen molar-refractivity contribution in [2.75, 3.05) is 44.9 Å². The predicted molar refractivity (Wildman–Crippen MR) is 198 cm³/mol. The second-order valence-corrected chi connectivity index (χ2v) is 19.6. The number of aliphatic imine (C=N–C) groups is 1. The number of aliphatic hydroxyl groups is 4. The lowest BCUT2D eigenvalue weighted by Gasteiger charge is -2.28. The van der Waals surface area contributed by atoms with Crippen LogP contribution in [0.1, 0.15) is 42.8 Å². The van der Waals surface area contributed by atoms with E-state index in [1.165, 1.54) is 28.5 Å². The Morgan fingerprint density at radius 2 is 2.02 bits per heavy atom. The van der Waals surface area contributed by atoms with Gasteiger partial charge in [-0.3, -0.25) is 9.36 Å². The van der Waals surface area contributed by atoms with Crippen molar-refractivity contribution in [1.29, 1.82) is 0 Å². The summed E-state index contributed by atoms with van der Waals surface area (Å²) in [6.07, 6.45) is 1.04. The molecule has 3 aromatic rings. The Labute approximate surface area is 322 Å². The van der Waals surface area contributed by atoms with Crippen LogP contribution in [0, 0.1) is 0 Å². The van der Waals surface area contributed by atoms with Gasteiger partial charge in [-0.1, -0.05) is 0 Å². The molecule has 2 saturated heterocycles. The number of hydrogen-bond acceptors (Lipinski definition) is 19. The van der Waals surface area contributed by atoms with Crippen LogP contribution in [0.15, 0.2) is 28.9 Å². The van der Waals surface area contributed by atoms with Crippen molar-refractivity contribution in [3.63, 3.8) is 0 Å². The van der Waals surface area contributed by atoms with Gasteiger partial charge in [0.25, 0.3) is 0 Å². The van der Waals surface area contributed by atoms with Gasteiger partial charge >= 0.3 is 13.9 Å². The Hall–Kier alpha value is -2.18. The second-order valence-electron chi connectivity index (χ2n) is 12.6. The van der Waals surface area contributed by atoms with Crippen LogP contribution in [0.5, 0.6) is 0 Å². The zero-order valence-corrected chi connectivity index (χ0v) is 32.9. The van der Waals surface area contributed by atoms with Crippen LogP contribution in [0.4, 0.5) is 5.82 Å². The Morgan fingerprint density at radius 1 is 1.19 bits per heavy atom. The number of aliphatic hydroxyl groups excluding tert-OH is 4. The van der Waals surface area contributed by atoms with Crippen LogP contribution in [-0.4, -0.2) is 142 Å². The Morgan fingerprint density at radius 3 is 2.81 bits per heavy atom. The molecule has 0 aliphatic carbocycles. The summed E-state index contributed by atoms with van der Waals surface area (Å²) in [7, 11) is -2.03. The number of carbonyl (C=O) groups is 1. The zero-order chi connectivity index (χ0) is 38.1. The highest BCUT2D eigenvalue weighted by molar-refractivity contribution is 8.49. The number of aryl methyl sites for hydroxylation is 1. The quantitative estimate of drug-likeness (QED) is 0.0921. The fraction of sp³-hybridized carbons (Fsp3) is 0.621. The fourth-order valence-electron chi connectivity index (χ4n) is 6.65. The monoisotopic (exact) mass is 849 g/mol. The standard InChI is InChI=1S/C29H38N8O12P2S3/c1-53-50(43)45-10-17-16(7-20(47-17)36-8-15-3-2-6-54-27-21(15)25(36)31-12-32-27)49-51(44,52)46-11-18-23(40)24(41)29(48-18)37-14-33-22-26(37)34-13-35(28(22)42)5-4-30-19(39)9-38/h8,12-14,16-18,20,23-24,28-29,38,40-42H,2-7,9-11H2,1H3,(H-,30,39,44,52)/p+1. The second kappa shape index (κ2) is 17.1. The molecule has 7 heterocycles. The minimum absolute atomic E-state index is 0.114. The molecule has 10 atom stereocenters. The molecule has 4 aliphatic heterocycles. The molecule has 6 N–H and O–H groups in total. The third kappa shape index (κ3) is 8.41. The summed E-state index contributed by atoms with van der Waals surface area (Å²) in [6, 6.07) is 0. The number of ether oxygens (including phenoxy) is 2. The van der Waals surface area contributed by atoms with E-state index < -0.39 is 82.3 Å². The summed E-state index contributed by atoms with van der Waals surface area (Å²) >= 11 is 8.11. The molecule has 10 unspecified atom stereocenters. The van der Waals surface area contributed by atoms with E-state index in [2.05, 4.69) is 25.3 Å². The number of rotatable bonds is 15. The van der Waals surface area contributed by atoms with E-state index in [4.69, 9.17) is 40.0 Å². The molecule has 54 heavy (non-hydrogen) atoms. The smallest absolute Gasteiger partial charge is 0.387 e. The molecule has 294 valence electrons. The Bertz CT molecular complexity index is 1940. The molecule has 1 amide bonds. The van der Waals surface area contributed by atoms with Crippen LogP contribution in [0.25, 0.3) is 11.0 Å².